The van der Waals surface area contributed by atoms with Gasteiger partial charge in [0.25, 0.3) is 0 Å². The maximum absolute atomic E-state index is 11.7. The summed E-state index contributed by atoms with van der Waals surface area (Å²) >= 11 is 3.53. The first-order valence-electron chi connectivity index (χ1n) is 8.17. The van der Waals surface area contributed by atoms with Gasteiger partial charge in [0.05, 0.1) is 7.11 Å². The summed E-state index contributed by atoms with van der Waals surface area (Å²) in [6, 6.07) is 6.45. The van der Waals surface area contributed by atoms with Crippen LogP contribution in [0.25, 0.3) is 0 Å². The zero-order chi connectivity index (χ0) is 16.7. The fourth-order valence-corrected chi connectivity index (χ4v) is 3.45. The number of nitrogens with zero attached hydrogens (tertiary/aromatic N) is 1. The molecule has 0 spiro atoms. The van der Waals surface area contributed by atoms with Crippen LogP contribution in [0.15, 0.2) is 22.7 Å². The van der Waals surface area contributed by atoms with Gasteiger partial charge in [0.15, 0.2) is 0 Å². The topological polar surface area (TPSA) is 67.6 Å². The SMILES string of the molecule is COc1ccc(Br)cc1CN1CCCCC1CNC(=O)CCN. The maximum Gasteiger partial charge on any atom is 0.221 e. The van der Waals surface area contributed by atoms with E-state index in [1.165, 1.54) is 18.4 Å². The molecule has 1 fully saturated rings. The van der Waals surface area contributed by atoms with E-state index >= 15 is 0 Å². The molecule has 2 rings (SSSR count). The van der Waals surface area contributed by atoms with Gasteiger partial charge < -0.3 is 15.8 Å². The molecule has 0 saturated carbocycles. The zero-order valence-corrected chi connectivity index (χ0v) is 15.3. The van der Waals surface area contributed by atoms with E-state index in [1.54, 1.807) is 7.11 Å². The van der Waals surface area contributed by atoms with Crippen molar-refractivity contribution >= 4 is 21.8 Å². The summed E-state index contributed by atoms with van der Waals surface area (Å²) in [4.78, 5) is 14.1. The van der Waals surface area contributed by atoms with Gasteiger partial charge in [0.1, 0.15) is 5.75 Å². The third-order valence-electron chi connectivity index (χ3n) is 4.27. The molecule has 5 nitrogen and oxygen atoms in total. The van der Waals surface area contributed by atoms with E-state index in [0.29, 0.717) is 25.6 Å². The van der Waals surface area contributed by atoms with E-state index in [2.05, 4.69) is 32.2 Å². The number of nitrogens with two attached hydrogens (primary N) is 1. The number of piperidine rings is 1. The van der Waals surface area contributed by atoms with Crippen molar-refractivity contribution in [1.82, 2.24) is 10.2 Å². The van der Waals surface area contributed by atoms with Crippen molar-refractivity contribution < 1.29 is 9.53 Å². The molecule has 1 atom stereocenters. The van der Waals surface area contributed by atoms with E-state index in [9.17, 15) is 4.79 Å². The van der Waals surface area contributed by atoms with Crippen LogP contribution < -0.4 is 15.8 Å². The predicted molar refractivity (Wildman–Crippen MR) is 95.4 cm³/mol. The summed E-state index contributed by atoms with van der Waals surface area (Å²) in [5.41, 5.74) is 6.59. The van der Waals surface area contributed by atoms with Crippen LogP contribution in [0, 0.1) is 0 Å². The minimum absolute atomic E-state index is 0.0399. The molecule has 0 bridgehead atoms. The van der Waals surface area contributed by atoms with Crippen LogP contribution in [0.2, 0.25) is 0 Å². The third kappa shape index (κ3) is 5.48. The Morgan fingerprint density at radius 3 is 3.04 bits per heavy atom. The van der Waals surface area contributed by atoms with Crippen molar-refractivity contribution in [3.8, 4) is 5.75 Å². The maximum atomic E-state index is 11.7. The molecule has 1 unspecified atom stereocenters. The lowest BCUT2D eigenvalue weighted by Gasteiger charge is -2.36. The number of rotatable bonds is 7. The zero-order valence-electron chi connectivity index (χ0n) is 13.7. The van der Waals surface area contributed by atoms with Crippen LogP contribution in [-0.4, -0.2) is 43.6 Å². The van der Waals surface area contributed by atoms with Crippen molar-refractivity contribution in [2.45, 2.75) is 38.3 Å². The third-order valence-corrected chi connectivity index (χ3v) is 4.76. The summed E-state index contributed by atoms with van der Waals surface area (Å²) in [6.07, 6.45) is 3.92. The Labute approximate surface area is 146 Å². The van der Waals surface area contributed by atoms with E-state index in [0.717, 1.165) is 29.7 Å². The van der Waals surface area contributed by atoms with Gasteiger partial charge in [-0.05, 0) is 37.6 Å². The van der Waals surface area contributed by atoms with Crippen LogP contribution in [0.3, 0.4) is 0 Å². The minimum atomic E-state index is 0.0399. The molecule has 0 aromatic heterocycles. The molecule has 1 heterocycles. The fourth-order valence-electron chi connectivity index (χ4n) is 3.04. The highest BCUT2D eigenvalue weighted by Crippen LogP contribution is 2.27. The van der Waals surface area contributed by atoms with E-state index in [1.807, 2.05) is 12.1 Å². The van der Waals surface area contributed by atoms with Gasteiger partial charge in [-0.15, -0.1) is 0 Å². The van der Waals surface area contributed by atoms with Gasteiger partial charge in [0.2, 0.25) is 5.91 Å². The number of methoxy groups -OCH3 is 1. The second-order valence-corrected chi connectivity index (χ2v) is 6.83. The van der Waals surface area contributed by atoms with Gasteiger partial charge in [-0.2, -0.15) is 0 Å². The molecule has 0 radical (unpaired) electrons. The lowest BCUT2D eigenvalue weighted by molar-refractivity contribution is -0.121. The fraction of sp³-hybridized carbons (Fsp3) is 0.588. The van der Waals surface area contributed by atoms with Crippen LogP contribution >= 0.6 is 15.9 Å². The highest BCUT2D eigenvalue weighted by Gasteiger charge is 2.23. The number of halogens is 1. The summed E-state index contributed by atoms with van der Waals surface area (Å²) in [6.45, 7) is 2.97. The minimum Gasteiger partial charge on any atom is -0.496 e. The van der Waals surface area contributed by atoms with Gasteiger partial charge in [-0.25, -0.2) is 0 Å². The molecule has 23 heavy (non-hydrogen) atoms. The quantitative estimate of drug-likeness (QED) is 0.757. The van der Waals surface area contributed by atoms with Crippen LogP contribution in [0.4, 0.5) is 0 Å². The molecule has 1 aromatic carbocycles. The van der Waals surface area contributed by atoms with Crippen LogP contribution in [-0.2, 0) is 11.3 Å². The van der Waals surface area contributed by atoms with Gasteiger partial charge in [-0.3, -0.25) is 9.69 Å². The van der Waals surface area contributed by atoms with Crippen LogP contribution in [0.1, 0.15) is 31.2 Å². The number of nitrogens with one attached hydrogen (secondary N) is 1. The Bertz CT molecular complexity index is 525. The first-order valence-corrected chi connectivity index (χ1v) is 8.96. The lowest BCUT2D eigenvalue weighted by Crippen LogP contribution is -2.46. The monoisotopic (exact) mass is 383 g/mol. The van der Waals surface area contributed by atoms with E-state index in [-0.39, 0.29) is 5.91 Å². The Balaban J connectivity index is 2.01. The second-order valence-electron chi connectivity index (χ2n) is 5.92. The number of amides is 1. The molecule has 1 aliphatic rings. The second kappa shape index (κ2) is 9.25. The molecular formula is C17H26BrN3O2. The normalized spacial score (nSPS) is 18.7. The highest BCUT2D eigenvalue weighted by atomic mass is 79.9. The summed E-state index contributed by atoms with van der Waals surface area (Å²) in [7, 11) is 1.70. The van der Waals surface area contributed by atoms with Crippen molar-refractivity contribution in [2.24, 2.45) is 5.73 Å². The smallest absolute Gasteiger partial charge is 0.221 e. The molecule has 1 aliphatic heterocycles. The highest BCUT2D eigenvalue weighted by molar-refractivity contribution is 9.10. The van der Waals surface area contributed by atoms with Crippen molar-refractivity contribution in [3.63, 3.8) is 0 Å². The number of hydrogen-bond acceptors (Lipinski definition) is 4. The largest absolute Gasteiger partial charge is 0.496 e. The number of hydrogen-bond donors (Lipinski definition) is 2. The molecule has 3 N–H and O–H groups in total. The average molecular weight is 384 g/mol. The number of likely N-dealkylation sites (tertiary alicyclic amines) is 1. The number of carbonyl (C=O) groups excluding carboxylic acids is 1. The number of benzene rings is 1. The molecule has 6 heteroatoms. The van der Waals surface area contributed by atoms with E-state index in [4.69, 9.17) is 10.5 Å². The van der Waals surface area contributed by atoms with E-state index < -0.39 is 0 Å². The molecule has 1 amide bonds. The molecular weight excluding hydrogens is 358 g/mol. The Kier molecular flexibility index (Phi) is 7.33. The van der Waals surface area contributed by atoms with Gasteiger partial charge in [0, 0.05) is 42.1 Å². The summed E-state index contributed by atoms with van der Waals surface area (Å²) in [5.74, 6) is 0.947. The lowest BCUT2D eigenvalue weighted by atomic mass is 10.0. The standard InChI is InChI=1S/C17H26BrN3O2/c1-23-16-6-5-14(18)10-13(16)12-21-9-3-2-4-15(21)11-20-17(22)7-8-19/h5-6,10,15H,2-4,7-9,11-12,19H2,1H3,(H,20,22). The predicted octanol–water partition coefficient (Wildman–Crippen LogP) is 2.28. The molecule has 1 aromatic rings. The Morgan fingerprint density at radius 2 is 2.30 bits per heavy atom. The van der Waals surface area contributed by atoms with Gasteiger partial charge >= 0.3 is 0 Å². The number of ether oxygens (including phenoxy) is 1. The first kappa shape index (κ1) is 18.2. The van der Waals surface area contributed by atoms with Crippen molar-refractivity contribution in [1.29, 1.82) is 0 Å². The first-order chi connectivity index (χ1) is 11.1. The number of carbonyl (C=O) groups is 1. The summed E-state index contributed by atoms with van der Waals surface area (Å²) in [5, 5.41) is 3.01. The van der Waals surface area contributed by atoms with Crippen molar-refractivity contribution in [3.05, 3.63) is 28.2 Å². The van der Waals surface area contributed by atoms with Gasteiger partial charge in [-0.1, -0.05) is 22.4 Å². The Morgan fingerprint density at radius 1 is 1.48 bits per heavy atom. The van der Waals surface area contributed by atoms with Crippen LogP contribution in [0.5, 0.6) is 5.75 Å². The average Bonchev–Trinajstić information content (AvgIpc) is 2.54. The molecule has 1 saturated heterocycles. The molecule has 128 valence electrons. The Hall–Kier alpha value is -1.11. The summed E-state index contributed by atoms with van der Waals surface area (Å²) < 4.78 is 6.53. The molecule has 0 aliphatic carbocycles. The van der Waals surface area contributed by atoms with Crippen molar-refractivity contribution in [2.75, 3.05) is 26.7 Å².